The van der Waals surface area contributed by atoms with Crippen molar-refractivity contribution in [3.63, 3.8) is 0 Å². The van der Waals surface area contributed by atoms with E-state index in [9.17, 15) is 13.6 Å². The van der Waals surface area contributed by atoms with Gasteiger partial charge < -0.3 is 15.0 Å². The number of rotatable bonds is 5. The van der Waals surface area contributed by atoms with Crippen LogP contribution in [0.3, 0.4) is 0 Å². The van der Waals surface area contributed by atoms with Crippen molar-refractivity contribution in [3.05, 3.63) is 52.9 Å². The highest BCUT2D eigenvalue weighted by molar-refractivity contribution is 5.93. The van der Waals surface area contributed by atoms with Gasteiger partial charge in [-0.2, -0.15) is 8.78 Å². The standard InChI is InChI=1S/C18H15F2N3O2/c19-18(20)25-13-6-1-10(2-7-13)15-16-11(9-21-17(15)24)3-8-14(23-16)22-12-4-5-12/h1-3,6-9,12,18H,4-5H2,(H,21,24)(H,22,23). The Morgan fingerprint density at radius 2 is 1.92 bits per heavy atom. The van der Waals surface area contributed by atoms with E-state index in [1.54, 1.807) is 18.3 Å². The summed E-state index contributed by atoms with van der Waals surface area (Å²) in [6.45, 7) is -2.88. The fourth-order valence-corrected chi connectivity index (χ4v) is 2.70. The number of ether oxygens (including phenoxy) is 1. The Morgan fingerprint density at radius 3 is 2.60 bits per heavy atom. The fraction of sp³-hybridized carbons (Fsp3) is 0.222. The summed E-state index contributed by atoms with van der Waals surface area (Å²) in [6.07, 6.45) is 3.85. The second-order valence-electron chi connectivity index (χ2n) is 5.95. The summed E-state index contributed by atoms with van der Waals surface area (Å²) >= 11 is 0. The molecule has 0 bridgehead atoms. The molecule has 0 aliphatic heterocycles. The summed E-state index contributed by atoms with van der Waals surface area (Å²) in [5.41, 5.74) is 1.27. The maximum absolute atomic E-state index is 12.4. The number of aromatic amines is 1. The Balaban J connectivity index is 1.78. The van der Waals surface area contributed by atoms with Crippen LogP contribution < -0.4 is 15.6 Å². The van der Waals surface area contributed by atoms with Crippen molar-refractivity contribution < 1.29 is 13.5 Å². The molecule has 1 aliphatic rings. The fourth-order valence-electron chi connectivity index (χ4n) is 2.70. The van der Waals surface area contributed by atoms with Gasteiger partial charge in [-0.1, -0.05) is 12.1 Å². The third-order valence-electron chi connectivity index (χ3n) is 4.05. The van der Waals surface area contributed by atoms with Crippen LogP contribution in [0.15, 0.2) is 47.4 Å². The predicted octanol–water partition coefficient (Wildman–Crippen LogP) is 3.77. The first kappa shape index (κ1) is 15.6. The number of aromatic nitrogens is 2. The summed E-state index contributed by atoms with van der Waals surface area (Å²) in [6, 6.07) is 10.2. The van der Waals surface area contributed by atoms with Gasteiger partial charge in [0.2, 0.25) is 0 Å². The Bertz CT molecular complexity index is 966. The van der Waals surface area contributed by atoms with Crippen molar-refractivity contribution in [2.75, 3.05) is 5.32 Å². The lowest BCUT2D eigenvalue weighted by Gasteiger charge is -2.09. The normalized spacial score (nSPS) is 14.0. The van der Waals surface area contributed by atoms with Crippen molar-refractivity contribution in [1.29, 1.82) is 0 Å². The number of anilines is 1. The zero-order valence-electron chi connectivity index (χ0n) is 13.1. The molecule has 1 aromatic carbocycles. The minimum absolute atomic E-state index is 0.0412. The highest BCUT2D eigenvalue weighted by Crippen LogP contribution is 2.29. The van der Waals surface area contributed by atoms with E-state index in [0.717, 1.165) is 24.0 Å². The lowest BCUT2D eigenvalue weighted by Crippen LogP contribution is -2.10. The molecular formula is C18H15F2N3O2. The van der Waals surface area contributed by atoms with Gasteiger partial charge in [-0.3, -0.25) is 4.79 Å². The number of H-pyrrole nitrogens is 1. The minimum Gasteiger partial charge on any atom is -0.435 e. The van der Waals surface area contributed by atoms with Crippen LogP contribution in [0.2, 0.25) is 0 Å². The third kappa shape index (κ3) is 3.31. The molecule has 0 atom stereocenters. The van der Waals surface area contributed by atoms with Crippen LogP contribution in [0.5, 0.6) is 5.75 Å². The molecule has 2 N–H and O–H groups in total. The van der Waals surface area contributed by atoms with E-state index in [0.29, 0.717) is 22.7 Å². The largest absolute Gasteiger partial charge is 0.435 e. The maximum Gasteiger partial charge on any atom is 0.387 e. The van der Waals surface area contributed by atoms with E-state index in [4.69, 9.17) is 0 Å². The lowest BCUT2D eigenvalue weighted by molar-refractivity contribution is -0.0498. The Hall–Kier alpha value is -2.96. The van der Waals surface area contributed by atoms with Crippen LogP contribution in [0.4, 0.5) is 14.6 Å². The van der Waals surface area contributed by atoms with E-state index in [-0.39, 0.29) is 11.3 Å². The molecule has 2 heterocycles. The molecule has 0 amide bonds. The van der Waals surface area contributed by atoms with Gasteiger partial charge in [0.05, 0.1) is 11.1 Å². The van der Waals surface area contributed by atoms with Crippen LogP contribution in [0.1, 0.15) is 12.8 Å². The molecule has 1 saturated carbocycles. The van der Waals surface area contributed by atoms with Gasteiger partial charge in [-0.25, -0.2) is 4.98 Å². The highest BCUT2D eigenvalue weighted by Gasteiger charge is 2.21. The van der Waals surface area contributed by atoms with Crippen molar-refractivity contribution >= 4 is 16.7 Å². The summed E-state index contributed by atoms with van der Waals surface area (Å²) in [7, 11) is 0. The third-order valence-corrected chi connectivity index (χ3v) is 4.05. The molecule has 2 aromatic heterocycles. The number of hydrogen-bond acceptors (Lipinski definition) is 4. The van der Waals surface area contributed by atoms with Crippen LogP contribution in [-0.4, -0.2) is 22.6 Å². The second kappa shape index (κ2) is 6.16. The molecule has 128 valence electrons. The van der Waals surface area contributed by atoms with E-state index in [1.807, 2.05) is 12.1 Å². The number of benzene rings is 1. The van der Waals surface area contributed by atoms with Crippen LogP contribution in [0, 0.1) is 0 Å². The van der Waals surface area contributed by atoms with Gasteiger partial charge in [0.1, 0.15) is 11.6 Å². The molecule has 0 radical (unpaired) electrons. The quantitative estimate of drug-likeness (QED) is 0.740. The van der Waals surface area contributed by atoms with Crippen LogP contribution >= 0.6 is 0 Å². The monoisotopic (exact) mass is 343 g/mol. The number of nitrogens with one attached hydrogen (secondary N) is 2. The SMILES string of the molecule is O=c1[nH]cc2ccc(NC3CC3)nc2c1-c1ccc(OC(F)F)cc1. The first-order chi connectivity index (χ1) is 12.1. The number of halogens is 2. The molecule has 25 heavy (non-hydrogen) atoms. The summed E-state index contributed by atoms with van der Waals surface area (Å²) < 4.78 is 28.9. The van der Waals surface area contributed by atoms with Crippen LogP contribution in [-0.2, 0) is 0 Å². The number of hydrogen-bond donors (Lipinski definition) is 2. The molecule has 4 rings (SSSR count). The highest BCUT2D eigenvalue weighted by atomic mass is 19.3. The molecule has 7 heteroatoms. The maximum atomic E-state index is 12.4. The number of nitrogens with zero attached hydrogens (tertiary/aromatic N) is 1. The Kier molecular flexibility index (Phi) is 3.83. The van der Waals surface area contributed by atoms with E-state index in [1.165, 1.54) is 12.1 Å². The smallest absolute Gasteiger partial charge is 0.387 e. The topological polar surface area (TPSA) is 67.0 Å². The van der Waals surface area contributed by atoms with Gasteiger partial charge in [-0.15, -0.1) is 0 Å². The first-order valence-corrected chi connectivity index (χ1v) is 7.94. The zero-order chi connectivity index (χ0) is 17.4. The molecule has 0 unspecified atom stereocenters. The van der Waals surface area contributed by atoms with E-state index in [2.05, 4.69) is 20.0 Å². The van der Waals surface area contributed by atoms with Crippen molar-refractivity contribution in [2.24, 2.45) is 0 Å². The van der Waals surface area contributed by atoms with E-state index < -0.39 is 6.61 Å². The molecular weight excluding hydrogens is 328 g/mol. The average Bonchev–Trinajstić information content (AvgIpc) is 3.39. The molecule has 5 nitrogen and oxygen atoms in total. The molecule has 0 saturated heterocycles. The Morgan fingerprint density at radius 1 is 1.16 bits per heavy atom. The van der Waals surface area contributed by atoms with Crippen molar-refractivity contribution in [1.82, 2.24) is 9.97 Å². The number of pyridine rings is 2. The van der Waals surface area contributed by atoms with Gasteiger partial charge >= 0.3 is 6.61 Å². The first-order valence-electron chi connectivity index (χ1n) is 7.94. The summed E-state index contributed by atoms with van der Waals surface area (Å²) in [4.78, 5) is 19.6. The lowest BCUT2D eigenvalue weighted by atomic mass is 10.0. The number of fused-ring (bicyclic) bond motifs is 1. The summed E-state index contributed by atoms with van der Waals surface area (Å²) in [5, 5.41) is 4.11. The number of alkyl halides is 2. The van der Waals surface area contributed by atoms with Gasteiger partial charge in [-0.05, 0) is 42.7 Å². The van der Waals surface area contributed by atoms with Gasteiger partial charge in [0, 0.05) is 17.6 Å². The van der Waals surface area contributed by atoms with Crippen molar-refractivity contribution in [2.45, 2.75) is 25.5 Å². The predicted molar refractivity (Wildman–Crippen MR) is 91.1 cm³/mol. The van der Waals surface area contributed by atoms with E-state index >= 15 is 0 Å². The Labute approximate surface area is 141 Å². The van der Waals surface area contributed by atoms with Crippen molar-refractivity contribution in [3.8, 4) is 16.9 Å². The molecule has 0 spiro atoms. The molecule has 1 fully saturated rings. The summed E-state index contributed by atoms with van der Waals surface area (Å²) in [5.74, 6) is 0.763. The second-order valence-corrected chi connectivity index (χ2v) is 5.95. The zero-order valence-corrected chi connectivity index (χ0v) is 13.1. The minimum atomic E-state index is -2.88. The molecule has 1 aliphatic carbocycles. The molecule has 3 aromatic rings. The van der Waals surface area contributed by atoms with Crippen LogP contribution in [0.25, 0.3) is 22.0 Å². The van der Waals surface area contributed by atoms with Gasteiger partial charge in [0.15, 0.2) is 0 Å². The van der Waals surface area contributed by atoms with Gasteiger partial charge in [0.25, 0.3) is 5.56 Å². The average molecular weight is 343 g/mol.